The van der Waals surface area contributed by atoms with E-state index in [2.05, 4.69) is 37.4 Å². The van der Waals surface area contributed by atoms with Crippen LogP contribution < -0.4 is 0 Å². The Hall–Kier alpha value is -0.510. The smallest absolute Gasteiger partial charge is 0.194 e. The molecule has 1 aliphatic rings. The van der Waals surface area contributed by atoms with Crippen molar-refractivity contribution >= 4 is 11.8 Å². The van der Waals surface area contributed by atoms with E-state index in [4.69, 9.17) is 9.47 Å². The number of benzene rings is 1. The first-order valence-corrected chi connectivity index (χ1v) is 6.95. The topological polar surface area (TPSA) is 18.5 Å². The van der Waals surface area contributed by atoms with Gasteiger partial charge in [0.2, 0.25) is 0 Å². The van der Waals surface area contributed by atoms with Crippen LogP contribution >= 0.6 is 11.8 Å². The molecule has 0 aliphatic carbocycles. The highest BCUT2D eigenvalue weighted by Crippen LogP contribution is 2.36. The molecule has 0 unspecified atom stereocenters. The van der Waals surface area contributed by atoms with Gasteiger partial charge in [0, 0.05) is 16.9 Å². The Morgan fingerprint density at radius 2 is 1.81 bits per heavy atom. The largest absolute Gasteiger partial charge is 0.343 e. The van der Waals surface area contributed by atoms with Crippen molar-refractivity contribution in [2.45, 2.75) is 30.4 Å². The molecule has 1 aromatic rings. The monoisotopic (exact) mass is 238 g/mol. The molecule has 0 bridgehead atoms. The Balaban J connectivity index is 2.24. The van der Waals surface area contributed by atoms with Gasteiger partial charge in [-0.05, 0) is 18.4 Å². The van der Waals surface area contributed by atoms with Gasteiger partial charge >= 0.3 is 0 Å². The Kier molecular flexibility index (Phi) is 3.90. The van der Waals surface area contributed by atoms with E-state index in [-0.39, 0.29) is 0 Å². The lowest BCUT2D eigenvalue weighted by Crippen LogP contribution is -2.26. The zero-order chi connectivity index (χ0) is 11.4. The van der Waals surface area contributed by atoms with E-state index in [9.17, 15) is 0 Å². The highest BCUT2D eigenvalue weighted by Gasteiger charge is 2.37. The van der Waals surface area contributed by atoms with E-state index in [0.717, 1.165) is 18.4 Å². The second-order valence-corrected chi connectivity index (χ2v) is 4.81. The summed E-state index contributed by atoms with van der Waals surface area (Å²) in [5, 5.41) is 0. The lowest BCUT2D eigenvalue weighted by molar-refractivity contribution is -0.171. The Morgan fingerprint density at radius 1 is 1.19 bits per heavy atom. The van der Waals surface area contributed by atoms with E-state index in [1.54, 1.807) is 11.8 Å². The van der Waals surface area contributed by atoms with Crippen LogP contribution in [0, 0.1) is 0 Å². The van der Waals surface area contributed by atoms with Crippen molar-refractivity contribution < 1.29 is 9.47 Å². The van der Waals surface area contributed by atoms with E-state index in [1.807, 2.05) is 0 Å². The number of hydrogen-bond donors (Lipinski definition) is 0. The second-order valence-electron chi connectivity index (χ2n) is 3.93. The summed E-state index contributed by atoms with van der Waals surface area (Å²) >= 11 is 1.75. The fourth-order valence-electron chi connectivity index (χ4n) is 2.08. The second kappa shape index (κ2) is 5.21. The van der Waals surface area contributed by atoms with Gasteiger partial charge in [0.15, 0.2) is 5.79 Å². The lowest BCUT2D eigenvalue weighted by Gasteiger charge is -2.27. The maximum Gasteiger partial charge on any atom is 0.194 e. The van der Waals surface area contributed by atoms with Gasteiger partial charge in [-0.2, -0.15) is 0 Å². The molecule has 0 saturated carbocycles. The number of rotatable bonds is 4. The molecule has 16 heavy (non-hydrogen) atoms. The van der Waals surface area contributed by atoms with E-state index < -0.39 is 5.79 Å². The molecule has 1 heterocycles. The van der Waals surface area contributed by atoms with Crippen molar-refractivity contribution in [3.63, 3.8) is 0 Å². The predicted molar refractivity (Wildman–Crippen MR) is 66.7 cm³/mol. The maximum absolute atomic E-state index is 5.81. The molecular formula is C13H18O2S. The van der Waals surface area contributed by atoms with Crippen LogP contribution in [0.3, 0.4) is 0 Å². The average molecular weight is 238 g/mol. The first-order valence-electron chi connectivity index (χ1n) is 5.73. The van der Waals surface area contributed by atoms with E-state index >= 15 is 0 Å². The maximum atomic E-state index is 5.81. The van der Waals surface area contributed by atoms with Gasteiger partial charge in [0.05, 0.1) is 13.2 Å². The van der Waals surface area contributed by atoms with Crippen LogP contribution in [0.4, 0.5) is 0 Å². The summed E-state index contributed by atoms with van der Waals surface area (Å²) in [7, 11) is 0. The van der Waals surface area contributed by atoms with Gasteiger partial charge in [0.1, 0.15) is 0 Å². The molecule has 1 aromatic carbocycles. The molecule has 88 valence electrons. The molecule has 2 nitrogen and oxygen atoms in total. The fourth-order valence-corrected chi connectivity index (χ4v) is 2.49. The van der Waals surface area contributed by atoms with Crippen LogP contribution in [0.1, 0.15) is 25.3 Å². The van der Waals surface area contributed by atoms with Crippen LogP contribution in [-0.2, 0) is 15.3 Å². The summed E-state index contributed by atoms with van der Waals surface area (Å²) in [6, 6.07) is 8.49. The van der Waals surface area contributed by atoms with E-state index in [1.165, 1.54) is 4.90 Å². The van der Waals surface area contributed by atoms with Gasteiger partial charge in [-0.3, -0.25) is 0 Å². The quantitative estimate of drug-likeness (QED) is 0.749. The van der Waals surface area contributed by atoms with E-state index in [0.29, 0.717) is 13.2 Å². The summed E-state index contributed by atoms with van der Waals surface area (Å²) in [6.07, 6.45) is 4.06. The summed E-state index contributed by atoms with van der Waals surface area (Å²) in [5.74, 6) is -0.480. The molecule has 0 amide bonds. The molecule has 0 radical (unpaired) electrons. The standard InChI is InChI=1S/C13H18O2S/c1-3-8-13(14-9-10-15-13)11-4-6-12(16-2)7-5-11/h4-7H,3,8-10H2,1-2H3. The van der Waals surface area contributed by atoms with Gasteiger partial charge in [-0.1, -0.05) is 25.5 Å². The van der Waals surface area contributed by atoms with Gasteiger partial charge in [-0.25, -0.2) is 0 Å². The normalized spacial score (nSPS) is 18.9. The Labute approximate surface area is 101 Å². The highest BCUT2D eigenvalue weighted by atomic mass is 32.2. The number of hydrogen-bond acceptors (Lipinski definition) is 3. The van der Waals surface area contributed by atoms with Crippen molar-refractivity contribution in [2.24, 2.45) is 0 Å². The van der Waals surface area contributed by atoms with Crippen molar-refractivity contribution in [3.8, 4) is 0 Å². The summed E-state index contributed by atoms with van der Waals surface area (Å²) in [5.41, 5.74) is 1.14. The minimum atomic E-state index is -0.480. The van der Waals surface area contributed by atoms with Crippen LogP contribution in [0.15, 0.2) is 29.2 Å². The molecular weight excluding hydrogens is 220 g/mol. The van der Waals surface area contributed by atoms with Crippen molar-refractivity contribution in [1.82, 2.24) is 0 Å². The molecule has 0 N–H and O–H groups in total. The van der Waals surface area contributed by atoms with Crippen LogP contribution in [0.25, 0.3) is 0 Å². The highest BCUT2D eigenvalue weighted by molar-refractivity contribution is 7.98. The SMILES string of the molecule is CCCC1(c2ccc(SC)cc2)OCCO1. The van der Waals surface area contributed by atoms with Gasteiger partial charge < -0.3 is 9.47 Å². The fraction of sp³-hybridized carbons (Fsp3) is 0.538. The molecule has 2 rings (SSSR count). The van der Waals surface area contributed by atoms with Crippen LogP contribution in [0.2, 0.25) is 0 Å². The van der Waals surface area contributed by atoms with Crippen LogP contribution in [-0.4, -0.2) is 19.5 Å². The summed E-state index contributed by atoms with van der Waals surface area (Å²) < 4.78 is 11.6. The van der Waals surface area contributed by atoms with Crippen LogP contribution in [0.5, 0.6) is 0 Å². The first-order chi connectivity index (χ1) is 7.80. The minimum absolute atomic E-state index is 0.480. The van der Waals surface area contributed by atoms with Crippen molar-refractivity contribution in [3.05, 3.63) is 29.8 Å². The zero-order valence-electron chi connectivity index (χ0n) is 9.86. The molecule has 0 aromatic heterocycles. The minimum Gasteiger partial charge on any atom is -0.343 e. The third-order valence-corrected chi connectivity index (χ3v) is 3.61. The Morgan fingerprint density at radius 3 is 2.31 bits per heavy atom. The Bertz CT molecular complexity index is 328. The van der Waals surface area contributed by atoms with Gasteiger partial charge in [-0.15, -0.1) is 11.8 Å². The molecule has 0 atom stereocenters. The molecule has 3 heteroatoms. The molecule has 1 fully saturated rings. The number of ether oxygens (including phenoxy) is 2. The van der Waals surface area contributed by atoms with Crippen molar-refractivity contribution in [1.29, 1.82) is 0 Å². The number of thioether (sulfide) groups is 1. The first kappa shape index (κ1) is 12.0. The van der Waals surface area contributed by atoms with Gasteiger partial charge in [0.25, 0.3) is 0 Å². The molecule has 1 aliphatic heterocycles. The predicted octanol–water partition coefficient (Wildman–Crippen LogP) is 3.41. The third-order valence-electron chi connectivity index (χ3n) is 2.86. The molecule has 0 spiro atoms. The zero-order valence-corrected chi connectivity index (χ0v) is 10.7. The van der Waals surface area contributed by atoms with Crippen molar-refractivity contribution in [2.75, 3.05) is 19.5 Å². The molecule has 1 saturated heterocycles. The lowest BCUT2D eigenvalue weighted by atomic mass is 10.0. The third kappa shape index (κ3) is 2.26. The summed E-state index contributed by atoms with van der Waals surface area (Å²) in [6.45, 7) is 3.55. The average Bonchev–Trinajstić information content (AvgIpc) is 2.80. The summed E-state index contributed by atoms with van der Waals surface area (Å²) in [4.78, 5) is 1.27.